The monoisotopic (exact) mass is 426 g/mol. The Kier molecular flexibility index (Phi) is 9.71. The maximum atomic E-state index is 12.3. The molecule has 2 fully saturated rings. The summed E-state index contributed by atoms with van der Waals surface area (Å²) in [6.07, 6.45) is 3.16. The first-order valence-corrected chi connectivity index (χ1v) is 10.8. The van der Waals surface area contributed by atoms with Crippen LogP contribution in [0.15, 0.2) is 0 Å². The van der Waals surface area contributed by atoms with Gasteiger partial charge in [-0.15, -0.1) is 0 Å². The number of amides is 3. The Morgan fingerprint density at radius 1 is 0.967 bits per heavy atom. The van der Waals surface area contributed by atoms with Gasteiger partial charge >= 0.3 is 5.97 Å². The molecular weight excluding hydrogens is 392 g/mol. The van der Waals surface area contributed by atoms with Crippen LogP contribution in [-0.4, -0.2) is 73.2 Å². The number of hydrogen-bond donors (Lipinski definition) is 2. The summed E-state index contributed by atoms with van der Waals surface area (Å²) in [4.78, 5) is 48.5. The molecule has 1 aliphatic heterocycles. The average Bonchev–Trinajstić information content (AvgIpc) is 2.90. The van der Waals surface area contributed by atoms with Crippen molar-refractivity contribution in [1.29, 1.82) is 0 Å². The van der Waals surface area contributed by atoms with E-state index in [-0.39, 0.29) is 54.4 Å². The summed E-state index contributed by atoms with van der Waals surface area (Å²) in [5, 5.41) is 11.4. The molecule has 0 aromatic carbocycles. The first kappa shape index (κ1) is 24.3. The maximum Gasteiger partial charge on any atom is 0.305 e. The standard InChI is InChI=1S/C21H34N2O7/c1-14-15(2)21(28)23(20(14)27)13-16-3-5-17(6-4-16)19(26)22-8-10-30-12-11-29-9-7-18(24)25/h14-17H,3-13H2,1-2H3,(H,22,26)(H,24,25). The Labute approximate surface area is 177 Å². The van der Waals surface area contributed by atoms with Gasteiger partial charge in [0.2, 0.25) is 17.7 Å². The fourth-order valence-corrected chi connectivity index (χ4v) is 3.95. The average molecular weight is 427 g/mol. The van der Waals surface area contributed by atoms with Crippen LogP contribution in [0, 0.1) is 23.7 Å². The van der Waals surface area contributed by atoms with Gasteiger partial charge in [-0.1, -0.05) is 13.8 Å². The maximum absolute atomic E-state index is 12.3. The highest BCUT2D eigenvalue weighted by atomic mass is 16.5. The minimum Gasteiger partial charge on any atom is -0.481 e. The van der Waals surface area contributed by atoms with Gasteiger partial charge in [-0.2, -0.15) is 0 Å². The minimum absolute atomic E-state index is 0.0188. The van der Waals surface area contributed by atoms with Crippen molar-refractivity contribution in [3.8, 4) is 0 Å². The van der Waals surface area contributed by atoms with Crippen molar-refractivity contribution in [3.05, 3.63) is 0 Å². The van der Waals surface area contributed by atoms with E-state index in [1.807, 2.05) is 13.8 Å². The zero-order valence-corrected chi connectivity index (χ0v) is 17.9. The van der Waals surface area contributed by atoms with Crippen LogP contribution in [0.5, 0.6) is 0 Å². The van der Waals surface area contributed by atoms with Crippen molar-refractivity contribution in [1.82, 2.24) is 10.2 Å². The lowest BCUT2D eigenvalue weighted by molar-refractivity contribution is -0.141. The third-order valence-electron chi connectivity index (χ3n) is 6.10. The Bertz CT molecular complexity index is 596. The van der Waals surface area contributed by atoms with Crippen molar-refractivity contribution in [2.24, 2.45) is 23.7 Å². The number of rotatable bonds is 12. The Hall–Kier alpha value is -2.00. The predicted molar refractivity (Wildman–Crippen MR) is 107 cm³/mol. The van der Waals surface area contributed by atoms with Gasteiger partial charge in [0.15, 0.2) is 0 Å². The van der Waals surface area contributed by atoms with Gasteiger partial charge in [0.1, 0.15) is 0 Å². The number of carbonyl (C=O) groups is 4. The highest BCUT2D eigenvalue weighted by molar-refractivity contribution is 6.04. The molecule has 1 aliphatic carbocycles. The molecule has 3 amide bonds. The number of ether oxygens (including phenoxy) is 2. The van der Waals surface area contributed by atoms with Crippen molar-refractivity contribution in [3.63, 3.8) is 0 Å². The molecule has 2 aliphatic rings. The molecule has 0 aromatic heterocycles. The van der Waals surface area contributed by atoms with Gasteiger partial charge in [0.25, 0.3) is 0 Å². The zero-order valence-electron chi connectivity index (χ0n) is 17.9. The summed E-state index contributed by atoms with van der Waals surface area (Å²) in [7, 11) is 0. The number of nitrogens with one attached hydrogen (secondary N) is 1. The molecule has 0 radical (unpaired) electrons. The van der Waals surface area contributed by atoms with Crippen LogP contribution in [0.25, 0.3) is 0 Å². The van der Waals surface area contributed by atoms with Crippen LogP contribution in [-0.2, 0) is 28.7 Å². The highest BCUT2D eigenvalue weighted by Crippen LogP contribution is 2.32. The van der Waals surface area contributed by atoms with Crippen LogP contribution in [0.2, 0.25) is 0 Å². The zero-order chi connectivity index (χ0) is 22.1. The second kappa shape index (κ2) is 12.0. The fraction of sp³-hybridized carbons (Fsp3) is 0.810. The third kappa shape index (κ3) is 7.05. The number of carbonyl (C=O) groups excluding carboxylic acids is 3. The van der Waals surface area contributed by atoms with Crippen molar-refractivity contribution < 1.29 is 33.8 Å². The van der Waals surface area contributed by atoms with E-state index in [4.69, 9.17) is 14.6 Å². The third-order valence-corrected chi connectivity index (χ3v) is 6.10. The minimum atomic E-state index is -0.894. The predicted octanol–water partition coefficient (Wildman–Crippen LogP) is 1.06. The largest absolute Gasteiger partial charge is 0.481 e. The van der Waals surface area contributed by atoms with Crippen molar-refractivity contribution >= 4 is 23.7 Å². The lowest BCUT2D eigenvalue weighted by Crippen LogP contribution is -2.39. The highest BCUT2D eigenvalue weighted by Gasteiger charge is 2.43. The van der Waals surface area contributed by atoms with Gasteiger partial charge in [0.05, 0.1) is 32.8 Å². The number of nitrogens with zero attached hydrogens (tertiary/aromatic N) is 1. The second-order valence-electron chi connectivity index (χ2n) is 8.24. The summed E-state index contributed by atoms with van der Waals surface area (Å²) in [6.45, 7) is 5.72. The molecule has 2 atom stereocenters. The van der Waals surface area contributed by atoms with E-state index in [1.54, 1.807) is 0 Å². The van der Waals surface area contributed by atoms with Crippen LogP contribution in [0.1, 0.15) is 46.0 Å². The first-order valence-electron chi connectivity index (χ1n) is 10.8. The number of imide groups is 1. The van der Waals surface area contributed by atoms with Gasteiger partial charge in [0, 0.05) is 30.8 Å². The fourth-order valence-electron chi connectivity index (χ4n) is 3.95. The molecule has 0 aromatic rings. The van der Waals surface area contributed by atoms with Crippen molar-refractivity contribution in [2.75, 3.05) is 39.5 Å². The Morgan fingerprint density at radius 2 is 1.53 bits per heavy atom. The van der Waals surface area contributed by atoms with E-state index in [1.165, 1.54) is 4.90 Å². The number of aliphatic carboxylic acids is 1. The van der Waals surface area contributed by atoms with Gasteiger partial charge in [-0.3, -0.25) is 24.1 Å². The van der Waals surface area contributed by atoms with E-state index in [2.05, 4.69) is 5.32 Å². The van der Waals surface area contributed by atoms with Gasteiger partial charge in [-0.05, 0) is 31.6 Å². The summed E-state index contributed by atoms with van der Waals surface area (Å²) in [6, 6.07) is 0. The van der Waals surface area contributed by atoms with Crippen LogP contribution < -0.4 is 5.32 Å². The summed E-state index contributed by atoms with van der Waals surface area (Å²) in [5.74, 6) is -1.26. The van der Waals surface area contributed by atoms with E-state index in [9.17, 15) is 19.2 Å². The molecule has 1 saturated heterocycles. The van der Waals surface area contributed by atoms with Crippen LogP contribution >= 0.6 is 0 Å². The van der Waals surface area contributed by atoms with Crippen LogP contribution in [0.3, 0.4) is 0 Å². The second-order valence-corrected chi connectivity index (χ2v) is 8.24. The van der Waals surface area contributed by atoms with Gasteiger partial charge < -0.3 is 19.9 Å². The molecule has 2 N–H and O–H groups in total. The van der Waals surface area contributed by atoms with Crippen LogP contribution in [0.4, 0.5) is 0 Å². The number of carboxylic acids is 1. The first-order chi connectivity index (χ1) is 14.3. The van der Waals surface area contributed by atoms with E-state index >= 15 is 0 Å². The number of hydrogen-bond acceptors (Lipinski definition) is 6. The normalized spacial score (nSPS) is 26.8. The summed E-state index contributed by atoms with van der Waals surface area (Å²) < 4.78 is 10.5. The van der Waals surface area contributed by atoms with Crippen molar-refractivity contribution in [2.45, 2.75) is 46.0 Å². The quantitative estimate of drug-likeness (QED) is 0.353. The number of likely N-dealkylation sites (tertiary alicyclic amines) is 1. The SMILES string of the molecule is CC1C(=O)N(CC2CCC(C(=O)NCCOCCOCCC(=O)O)CC2)C(=O)C1C. The van der Waals surface area contributed by atoms with E-state index < -0.39 is 5.97 Å². The topological polar surface area (TPSA) is 122 Å². The van der Waals surface area contributed by atoms with Gasteiger partial charge in [-0.25, -0.2) is 0 Å². The molecule has 9 nitrogen and oxygen atoms in total. The Balaban J connectivity index is 1.55. The molecule has 1 saturated carbocycles. The molecule has 2 unspecified atom stereocenters. The molecule has 9 heteroatoms. The molecule has 2 rings (SSSR count). The van der Waals surface area contributed by atoms with E-state index in [0.717, 1.165) is 25.7 Å². The lowest BCUT2D eigenvalue weighted by Gasteiger charge is -2.30. The Morgan fingerprint density at radius 3 is 2.10 bits per heavy atom. The molecule has 1 heterocycles. The summed E-state index contributed by atoms with van der Waals surface area (Å²) >= 11 is 0. The molecule has 170 valence electrons. The molecule has 0 bridgehead atoms. The molecule has 30 heavy (non-hydrogen) atoms. The number of carboxylic acid groups (broad SMARTS) is 1. The smallest absolute Gasteiger partial charge is 0.305 e. The molecular formula is C21H34N2O7. The lowest BCUT2D eigenvalue weighted by atomic mass is 9.81. The van der Waals surface area contributed by atoms with E-state index in [0.29, 0.717) is 32.9 Å². The summed E-state index contributed by atoms with van der Waals surface area (Å²) in [5.41, 5.74) is 0. The molecule has 0 spiro atoms.